The number of nitrogens with zero attached hydrogens (tertiary/aromatic N) is 2. The molecule has 318 valence electrons. The first kappa shape index (κ1) is 40.7. The molecule has 0 bridgehead atoms. The average Bonchev–Trinajstić information content (AvgIpc) is 3.86. The van der Waals surface area contributed by atoms with E-state index in [1.54, 1.807) is 0 Å². The van der Waals surface area contributed by atoms with Gasteiger partial charge in [0.25, 0.3) is 6.71 Å². The summed E-state index contributed by atoms with van der Waals surface area (Å²) in [4.78, 5) is 5.20. The fourth-order valence-corrected chi connectivity index (χ4v) is 11.5. The SMILES string of the molecule is CCc1ccc(N2c3cccc4c3B(c3cc(C(C)(C)CC)ccc3N4c3ccc(C(C)(C)C)cc3-c3ccc4oc5ccccc5c4c3)c3sc4ccc(C(C)(C)C)cc4c32)cc1. The van der Waals surface area contributed by atoms with Crippen LogP contribution in [0.2, 0.25) is 0 Å². The van der Waals surface area contributed by atoms with Crippen LogP contribution in [0.15, 0.2) is 144 Å². The van der Waals surface area contributed by atoms with Crippen molar-refractivity contribution in [1.29, 1.82) is 0 Å². The Balaban J connectivity index is 1.23. The number of aryl methyl sites for hydroxylation is 1. The summed E-state index contributed by atoms with van der Waals surface area (Å²) < 4.78 is 9.11. The molecule has 9 aromatic rings. The van der Waals surface area contributed by atoms with Gasteiger partial charge in [-0.1, -0.05) is 136 Å². The van der Waals surface area contributed by atoms with Crippen LogP contribution in [0.3, 0.4) is 0 Å². The minimum absolute atomic E-state index is 0.00821. The van der Waals surface area contributed by atoms with Crippen molar-refractivity contribution in [3.05, 3.63) is 162 Å². The molecule has 0 radical (unpaired) electrons. The summed E-state index contributed by atoms with van der Waals surface area (Å²) >= 11 is 1.98. The number of thiophene rings is 1. The van der Waals surface area contributed by atoms with Crippen molar-refractivity contribution in [2.24, 2.45) is 0 Å². The molecule has 0 N–H and O–H groups in total. The third-order valence-electron chi connectivity index (χ3n) is 14.5. The first-order chi connectivity index (χ1) is 30.6. The molecule has 0 aliphatic carbocycles. The second-order valence-electron chi connectivity index (χ2n) is 20.9. The summed E-state index contributed by atoms with van der Waals surface area (Å²) in [7, 11) is 0. The third kappa shape index (κ3) is 6.29. The van der Waals surface area contributed by atoms with Gasteiger partial charge in [-0.2, -0.15) is 0 Å². The molecule has 0 amide bonds. The van der Waals surface area contributed by atoms with Crippen LogP contribution >= 0.6 is 11.3 Å². The molecule has 2 aliphatic heterocycles. The molecule has 2 aliphatic rings. The van der Waals surface area contributed by atoms with Crippen molar-refractivity contribution in [2.75, 3.05) is 9.80 Å². The number of fused-ring (bicyclic) bond motifs is 9. The van der Waals surface area contributed by atoms with Crippen LogP contribution in [-0.4, -0.2) is 6.71 Å². The second-order valence-corrected chi connectivity index (χ2v) is 22.0. The maximum absolute atomic E-state index is 6.37. The molecule has 64 heavy (non-hydrogen) atoms. The number of benzene rings is 7. The summed E-state index contributed by atoms with van der Waals surface area (Å²) in [5.74, 6) is 0. The number of anilines is 6. The van der Waals surface area contributed by atoms with Gasteiger partial charge in [0.15, 0.2) is 0 Å². The molecule has 0 unspecified atom stereocenters. The second kappa shape index (κ2) is 14.5. The molecule has 0 saturated heterocycles. The highest BCUT2D eigenvalue weighted by molar-refractivity contribution is 7.33. The van der Waals surface area contributed by atoms with Crippen LogP contribution in [0.1, 0.15) is 97.9 Å². The predicted octanol–water partition coefficient (Wildman–Crippen LogP) is 15.4. The number of furan rings is 1. The Morgan fingerprint density at radius 3 is 1.95 bits per heavy atom. The van der Waals surface area contributed by atoms with Gasteiger partial charge >= 0.3 is 0 Å². The standard InChI is InChI=1S/C59H57BN2OS/c1-11-36-20-26-41(27-21-36)61-49-17-15-18-50-54(49)60(56-55(61)45-34-39(58(6,7)8)25-31-53(45)64-56)46-35-40(59(9,10)12-2)24-29-48(46)62(50)47-28-23-38(57(3,4)5)33-43(47)37-22-30-52-44(32-37)42-16-13-14-19-51(42)63-52/h13-35H,11-12H2,1-10H3. The molecular weight excluding hydrogens is 796 g/mol. The Morgan fingerprint density at radius 2 is 1.22 bits per heavy atom. The largest absolute Gasteiger partial charge is 0.456 e. The summed E-state index contributed by atoms with van der Waals surface area (Å²) in [5.41, 5.74) is 19.7. The lowest BCUT2D eigenvalue weighted by Crippen LogP contribution is -2.60. The van der Waals surface area contributed by atoms with Gasteiger partial charge in [0.1, 0.15) is 11.2 Å². The normalized spacial score (nSPS) is 13.8. The van der Waals surface area contributed by atoms with Crippen LogP contribution in [0.5, 0.6) is 0 Å². The zero-order chi connectivity index (χ0) is 44.4. The average molecular weight is 853 g/mol. The highest BCUT2D eigenvalue weighted by Crippen LogP contribution is 2.50. The van der Waals surface area contributed by atoms with E-state index in [1.165, 1.54) is 93.3 Å². The quantitative estimate of drug-likeness (QED) is 0.155. The zero-order valence-corrected chi connectivity index (χ0v) is 39.8. The van der Waals surface area contributed by atoms with Crippen LogP contribution < -0.4 is 25.5 Å². The molecule has 2 aromatic heterocycles. The van der Waals surface area contributed by atoms with E-state index in [4.69, 9.17) is 4.42 Å². The topological polar surface area (TPSA) is 19.6 Å². The predicted molar refractivity (Wildman–Crippen MR) is 279 cm³/mol. The smallest absolute Gasteiger partial charge is 0.264 e. The zero-order valence-electron chi connectivity index (χ0n) is 39.0. The van der Waals surface area contributed by atoms with Crippen molar-refractivity contribution >= 4 is 99.9 Å². The van der Waals surface area contributed by atoms with E-state index >= 15 is 0 Å². The molecule has 0 atom stereocenters. The summed E-state index contributed by atoms with van der Waals surface area (Å²) in [6.45, 7) is 23.4. The van der Waals surface area contributed by atoms with Crippen molar-refractivity contribution in [3.63, 3.8) is 0 Å². The molecule has 3 nitrogen and oxygen atoms in total. The molecule has 0 saturated carbocycles. The molecule has 5 heteroatoms. The Morgan fingerprint density at radius 1 is 0.547 bits per heavy atom. The van der Waals surface area contributed by atoms with Crippen LogP contribution in [0.25, 0.3) is 43.2 Å². The minimum atomic E-state index is -0.0462. The van der Waals surface area contributed by atoms with Crippen molar-refractivity contribution in [1.82, 2.24) is 0 Å². The number of hydrogen-bond acceptors (Lipinski definition) is 4. The Bertz CT molecular complexity index is 3320. The van der Waals surface area contributed by atoms with Gasteiger partial charge in [0.2, 0.25) is 0 Å². The monoisotopic (exact) mass is 852 g/mol. The van der Waals surface area contributed by atoms with Gasteiger partial charge in [0.05, 0.1) is 11.4 Å². The first-order valence-electron chi connectivity index (χ1n) is 23.2. The lowest BCUT2D eigenvalue weighted by molar-refractivity contribution is 0.506. The summed E-state index contributed by atoms with van der Waals surface area (Å²) in [6.07, 6.45) is 2.06. The van der Waals surface area contributed by atoms with Crippen LogP contribution in [-0.2, 0) is 22.7 Å². The van der Waals surface area contributed by atoms with Gasteiger partial charge in [-0.25, -0.2) is 0 Å². The van der Waals surface area contributed by atoms with Crippen LogP contribution in [0, 0.1) is 0 Å². The summed E-state index contributed by atoms with van der Waals surface area (Å²) in [5, 5.41) is 3.61. The first-order valence-corrected chi connectivity index (χ1v) is 24.1. The van der Waals surface area contributed by atoms with E-state index in [-0.39, 0.29) is 23.0 Å². The molecular formula is C59H57BN2OS. The van der Waals surface area contributed by atoms with E-state index < -0.39 is 0 Å². The Hall–Kier alpha value is -6.04. The van der Waals surface area contributed by atoms with E-state index in [0.717, 1.165) is 34.8 Å². The molecule has 4 heterocycles. The summed E-state index contributed by atoms with van der Waals surface area (Å²) in [6, 6.07) is 53.4. The van der Waals surface area contributed by atoms with Gasteiger partial charge in [-0.05, 0) is 141 Å². The Kier molecular flexibility index (Phi) is 9.22. The molecule has 11 rings (SSSR count). The van der Waals surface area contributed by atoms with E-state index in [0.29, 0.717) is 0 Å². The van der Waals surface area contributed by atoms with Gasteiger partial charge in [-0.3, -0.25) is 0 Å². The van der Waals surface area contributed by atoms with Gasteiger partial charge in [-0.15, -0.1) is 11.3 Å². The molecule has 0 fully saturated rings. The molecule has 7 aromatic carbocycles. The minimum Gasteiger partial charge on any atom is -0.456 e. The maximum atomic E-state index is 6.37. The Labute approximate surface area is 383 Å². The maximum Gasteiger partial charge on any atom is 0.264 e. The van der Waals surface area contributed by atoms with Crippen molar-refractivity contribution in [3.8, 4) is 11.1 Å². The number of hydrogen-bond donors (Lipinski definition) is 0. The fraction of sp³-hybridized carbons (Fsp3) is 0.254. The highest BCUT2D eigenvalue weighted by Gasteiger charge is 2.46. The van der Waals surface area contributed by atoms with Crippen molar-refractivity contribution in [2.45, 2.75) is 98.3 Å². The van der Waals surface area contributed by atoms with E-state index in [9.17, 15) is 0 Å². The fourth-order valence-electron chi connectivity index (χ4n) is 10.2. The lowest BCUT2D eigenvalue weighted by Gasteiger charge is -2.44. The van der Waals surface area contributed by atoms with Gasteiger partial charge in [0, 0.05) is 53.9 Å². The van der Waals surface area contributed by atoms with Gasteiger partial charge < -0.3 is 14.2 Å². The molecule has 0 spiro atoms. The van der Waals surface area contributed by atoms with Crippen molar-refractivity contribution < 1.29 is 4.42 Å². The number of para-hydroxylation sites is 1. The number of rotatable bonds is 6. The lowest BCUT2D eigenvalue weighted by atomic mass is 9.36. The van der Waals surface area contributed by atoms with E-state index in [2.05, 4.69) is 219 Å². The third-order valence-corrected chi connectivity index (χ3v) is 15.7. The van der Waals surface area contributed by atoms with E-state index in [1.807, 2.05) is 11.3 Å². The van der Waals surface area contributed by atoms with Crippen LogP contribution in [0.4, 0.5) is 34.1 Å². The highest BCUT2D eigenvalue weighted by atomic mass is 32.1.